The van der Waals surface area contributed by atoms with E-state index >= 15 is 0 Å². The van der Waals surface area contributed by atoms with Crippen molar-refractivity contribution in [1.82, 2.24) is 4.98 Å². The van der Waals surface area contributed by atoms with Crippen LogP contribution in [0.5, 0.6) is 0 Å². The summed E-state index contributed by atoms with van der Waals surface area (Å²) < 4.78 is 1.80. The summed E-state index contributed by atoms with van der Waals surface area (Å²) in [7, 11) is 0. The lowest BCUT2D eigenvalue weighted by Gasteiger charge is -2.09. The van der Waals surface area contributed by atoms with Crippen LogP contribution in [-0.2, 0) is 0 Å². The van der Waals surface area contributed by atoms with Gasteiger partial charge in [-0.1, -0.05) is 36.4 Å². The molecule has 0 radical (unpaired) electrons. The van der Waals surface area contributed by atoms with Crippen molar-refractivity contribution in [3.05, 3.63) is 84.7 Å². The molecular weight excluding hydrogens is 260 g/mol. The third-order valence-corrected chi connectivity index (χ3v) is 3.13. The summed E-state index contributed by atoms with van der Waals surface area (Å²) >= 11 is 0. The van der Waals surface area contributed by atoms with Crippen LogP contribution in [0.4, 0.5) is 0 Å². The van der Waals surface area contributed by atoms with Crippen LogP contribution in [0, 0.1) is 0 Å². The van der Waals surface area contributed by atoms with E-state index in [9.17, 15) is 5.11 Å². The molecule has 0 atom stereocenters. The Labute approximate surface area is 123 Å². The maximum Gasteiger partial charge on any atom is 0.236 e. The van der Waals surface area contributed by atoms with Gasteiger partial charge in [0.25, 0.3) is 0 Å². The van der Waals surface area contributed by atoms with E-state index in [2.05, 4.69) is 4.98 Å². The van der Waals surface area contributed by atoms with Gasteiger partial charge in [-0.25, -0.2) is 4.98 Å². The number of hydrogen-bond donors (Lipinski definition) is 0. The number of pyridine rings is 2. The first-order valence-electron chi connectivity index (χ1n) is 6.70. The molecule has 0 unspecified atom stereocenters. The SMILES string of the molecule is [O-]/C(=C\[n+]1ccccc1-c1ccccn1)c1ccccc1. The van der Waals surface area contributed by atoms with Crippen LogP contribution < -0.4 is 9.67 Å². The van der Waals surface area contributed by atoms with Crippen LogP contribution in [0.3, 0.4) is 0 Å². The molecule has 0 fully saturated rings. The molecular formula is C18H14N2O. The summed E-state index contributed by atoms with van der Waals surface area (Å²) in [4.78, 5) is 4.34. The lowest BCUT2D eigenvalue weighted by molar-refractivity contribution is -0.558. The van der Waals surface area contributed by atoms with Gasteiger partial charge >= 0.3 is 0 Å². The van der Waals surface area contributed by atoms with Crippen LogP contribution in [0.25, 0.3) is 23.3 Å². The molecule has 102 valence electrons. The highest BCUT2D eigenvalue weighted by Crippen LogP contribution is 2.12. The normalized spacial score (nSPS) is 11.3. The van der Waals surface area contributed by atoms with Crippen molar-refractivity contribution in [2.24, 2.45) is 0 Å². The van der Waals surface area contributed by atoms with Crippen molar-refractivity contribution in [3.8, 4) is 11.4 Å². The van der Waals surface area contributed by atoms with Gasteiger partial charge in [-0.15, -0.1) is 0 Å². The first-order valence-corrected chi connectivity index (χ1v) is 6.70. The standard InChI is InChI=1S/C18H14N2O/c21-18(15-8-2-1-3-9-15)14-20-13-7-5-11-17(20)16-10-4-6-12-19-16/h1-14H. The molecule has 3 rings (SSSR count). The summed E-state index contributed by atoms with van der Waals surface area (Å²) in [6.07, 6.45) is 5.18. The Morgan fingerprint density at radius 2 is 1.67 bits per heavy atom. The summed E-state index contributed by atoms with van der Waals surface area (Å²) in [6, 6.07) is 20.7. The van der Waals surface area contributed by atoms with E-state index in [0.717, 1.165) is 11.4 Å². The average Bonchev–Trinajstić information content (AvgIpc) is 2.57. The fourth-order valence-electron chi connectivity index (χ4n) is 2.10. The fraction of sp³-hybridized carbons (Fsp3) is 0. The number of nitrogens with zero attached hydrogens (tertiary/aromatic N) is 2. The zero-order valence-corrected chi connectivity index (χ0v) is 11.4. The second-order valence-electron chi connectivity index (χ2n) is 4.57. The molecule has 3 aromatic rings. The lowest BCUT2D eigenvalue weighted by atomic mass is 10.2. The number of benzene rings is 1. The molecule has 0 amide bonds. The highest BCUT2D eigenvalue weighted by molar-refractivity contribution is 5.65. The molecule has 3 nitrogen and oxygen atoms in total. The molecule has 0 bridgehead atoms. The molecule has 0 saturated heterocycles. The summed E-state index contributed by atoms with van der Waals surface area (Å²) in [6.45, 7) is 0. The van der Waals surface area contributed by atoms with Gasteiger partial charge in [-0.2, -0.15) is 4.57 Å². The van der Waals surface area contributed by atoms with E-state index in [4.69, 9.17) is 0 Å². The van der Waals surface area contributed by atoms with Gasteiger partial charge in [0.2, 0.25) is 5.69 Å². The second kappa shape index (κ2) is 6.01. The zero-order valence-electron chi connectivity index (χ0n) is 11.4. The van der Waals surface area contributed by atoms with Crippen LogP contribution in [0.2, 0.25) is 0 Å². The minimum atomic E-state index is -0.0380. The van der Waals surface area contributed by atoms with E-state index < -0.39 is 0 Å². The summed E-state index contributed by atoms with van der Waals surface area (Å²) in [5.74, 6) is -0.0380. The molecule has 2 aromatic heterocycles. The lowest BCUT2D eigenvalue weighted by Crippen LogP contribution is -2.30. The maximum absolute atomic E-state index is 12.3. The second-order valence-corrected chi connectivity index (χ2v) is 4.57. The number of rotatable bonds is 3. The fourth-order valence-corrected chi connectivity index (χ4v) is 2.10. The van der Waals surface area contributed by atoms with Gasteiger partial charge in [0.05, 0.1) is 0 Å². The van der Waals surface area contributed by atoms with Crippen LogP contribution in [0.1, 0.15) is 5.56 Å². The van der Waals surface area contributed by atoms with E-state index in [1.54, 1.807) is 17.0 Å². The van der Waals surface area contributed by atoms with E-state index in [1.807, 2.05) is 72.9 Å². The Bertz CT molecular complexity index is 752. The smallest absolute Gasteiger partial charge is 0.236 e. The Morgan fingerprint density at radius 1 is 0.905 bits per heavy atom. The molecule has 0 aliphatic heterocycles. The highest BCUT2D eigenvalue weighted by Gasteiger charge is 2.10. The van der Waals surface area contributed by atoms with Crippen molar-refractivity contribution in [2.75, 3.05) is 0 Å². The monoisotopic (exact) mass is 274 g/mol. The first-order chi connectivity index (χ1) is 10.3. The van der Waals surface area contributed by atoms with Crippen LogP contribution in [0.15, 0.2) is 79.1 Å². The largest absolute Gasteiger partial charge is 0.868 e. The van der Waals surface area contributed by atoms with Crippen molar-refractivity contribution in [3.63, 3.8) is 0 Å². The van der Waals surface area contributed by atoms with Gasteiger partial charge in [0, 0.05) is 18.3 Å². The molecule has 0 saturated carbocycles. The van der Waals surface area contributed by atoms with Crippen molar-refractivity contribution < 1.29 is 9.67 Å². The van der Waals surface area contributed by atoms with Gasteiger partial charge < -0.3 is 5.11 Å². The Morgan fingerprint density at radius 3 is 2.43 bits per heavy atom. The van der Waals surface area contributed by atoms with Crippen molar-refractivity contribution in [2.45, 2.75) is 0 Å². The molecule has 2 heterocycles. The molecule has 1 aromatic carbocycles. The molecule has 0 N–H and O–H groups in total. The number of hydrogen-bond acceptors (Lipinski definition) is 2. The van der Waals surface area contributed by atoms with Gasteiger partial charge in [-0.3, -0.25) is 0 Å². The van der Waals surface area contributed by atoms with Crippen LogP contribution >= 0.6 is 0 Å². The predicted octanol–water partition coefficient (Wildman–Crippen LogP) is 2.35. The zero-order chi connectivity index (χ0) is 14.5. The van der Waals surface area contributed by atoms with E-state index in [1.165, 1.54) is 0 Å². The first kappa shape index (κ1) is 13.1. The third-order valence-electron chi connectivity index (χ3n) is 3.13. The summed E-state index contributed by atoms with van der Waals surface area (Å²) in [5, 5.41) is 12.3. The third kappa shape index (κ3) is 2.98. The van der Waals surface area contributed by atoms with E-state index in [-0.39, 0.29) is 5.76 Å². The topological polar surface area (TPSA) is 39.8 Å². The Hall–Kier alpha value is -2.94. The average molecular weight is 274 g/mol. The molecule has 3 heteroatoms. The molecule has 21 heavy (non-hydrogen) atoms. The predicted molar refractivity (Wildman–Crippen MR) is 80.5 cm³/mol. The summed E-state index contributed by atoms with van der Waals surface area (Å²) in [5.41, 5.74) is 2.37. The molecule has 0 aliphatic rings. The minimum Gasteiger partial charge on any atom is -0.868 e. The quantitative estimate of drug-likeness (QED) is 0.543. The van der Waals surface area contributed by atoms with Gasteiger partial charge in [-0.05, 0) is 29.5 Å². The van der Waals surface area contributed by atoms with Gasteiger partial charge in [0.15, 0.2) is 12.4 Å². The maximum atomic E-state index is 12.3. The van der Waals surface area contributed by atoms with Gasteiger partial charge in [0.1, 0.15) is 5.69 Å². The highest BCUT2D eigenvalue weighted by atomic mass is 16.3. The number of aromatic nitrogens is 2. The van der Waals surface area contributed by atoms with Crippen molar-refractivity contribution >= 4 is 12.0 Å². The van der Waals surface area contributed by atoms with E-state index in [0.29, 0.717) is 5.56 Å². The van der Waals surface area contributed by atoms with Crippen LogP contribution in [-0.4, -0.2) is 4.98 Å². The Kier molecular flexibility index (Phi) is 3.74. The molecule has 0 spiro atoms. The minimum absolute atomic E-state index is 0.0380. The van der Waals surface area contributed by atoms with Crippen molar-refractivity contribution in [1.29, 1.82) is 0 Å². The Balaban J connectivity index is 2.04. The molecule has 0 aliphatic carbocycles.